The van der Waals surface area contributed by atoms with Gasteiger partial charge < -0.3 is 90.0 Å². The third-order valence-electron chi connectivity index (χ3n) is 19.4. The van der Waals surface area contributed by atoms with Crippen LogP contribution in [0.1, 0.15) is 98.4 Å². The molecule has 0 saturated carbocycles. The second kappa shape index (κ2) is 40.3. The molecule has 4 amide bonds. The molecule has 6 heterocycles. The highest BCUT2D eigenvalue weighted by molar-refractivity contribution is 6.76. The summed E-state index contributed by atoms with van der Waals surface area (Å²) in [5.74, 6) is -12.2. The van der Waals surface area contributed by atoms with Crippen LogP contribution < -0.4 is 0 Å². The topological polar surface area (TPSA) is 393 Å². The zero-order valence-corrected chi connectivity index (χ0v) is 67.3. The predicted octanol–water partition coefficient (Wildman–Crippen LogP) is 6.94. The molecule has 0 unspecified atom stereocenters. The van der Waals surface area contributed by atoms with Gasteiger partial charge in [-0.05, 0) is 49.9 Å². The Morgan fingerprint density at radius 2 is 0.638 bits per heavy atom. The molecular formula is C80H90Cl3N3O30. The Morgan fingerprint density at radius 3 is 1.02 bits per heavy atom. The van der Waals surface area contributed by atoms with Gasteiger partial charge in [0.15, 0.2) is 55.5 Å². The van der Waals surface area contributed by atoms with E-state index in [0.717, 1.165) is 53.4 Å². The molecule has 626 valence electrons. The molecule has 10 rings (SSSR count). The molecule has 0 aromatic heterocycles. The monoisotopic (exact) mass is 1680 g/mol. The highest BCUT2D eigenvalue weighted by Crippen LogP contribution is 2.44. The number of imide groups is 2. The van der Waals surface area contributed by atoms with Crippen LogP contribution in [0.3, 0.4) is 0 Å². The van der Waals surface area contributed by atoms with Crippen molar-refractivity contribution < 1.29 is 143 Å². The fraction of sp³-hybridized carbons (Fsp3) is 0.500. The van der Waals surface area contributed by atoms with Crippen LogP contribution in [0.25, 0.3) is 0 Å². The van der Waals surface area contributed by atoms with E-state index in [9.17, 15) is 43.2 Å². The Bertz CT molecular complexity index is 4220. The van der Waals surface area contributed by atoms with Crippen molar-refractivity contribution in [1.29, 1.82) is 5.41 Å². The average Bonchev–Trinajstić information content (AvgIpc) is 1.42. The minimum Gasteiger partial charge on any atom is -0.463 e. The Kier molecular flexibility index (Phi) is 31.0. The lowest BCUT2D eigenvalue weighted by atomic mass is 9.92. The number of nitrogens with zero attached hydrogens (tertiary/aromatic N) is 2. The van der Waals surface area contributed by atoms with Gasteiger partial charge in [0.2, 0.25) is 12.2 Å². The van der Waals surface area contributed by atoms with Crippen LogP contribution in [-0.4, -0.2) is 234 Å². The van der Waals surface area contributed by atoms with Gasteiger partial charge in [-0.3, -0.25) is 67.9 Å². The van der Waals surface area contributed by atoms with Crippen LogP contribution in [0.5, 0.6) is 0 Å². The highest BCUT2D eigenvalue weighted by Gasteiger charge is 2.64. The van der Waals surface area contributed by atoms with Crippen LogP contribution in [-0.2, 0) is 169 Å². The van der Waals surface area contributed by atoms with Crippen molar-refractivity contribution in [2.75, 3.05) is 26.4 Å². The first kappa shape index (κ1) is 89.2. The maximum atomic E-state index is 15.4. The average molecular weight is 1680 g/mol. The van der Waals surface area contributed by atoms with Crippen molar-refractivity contribution >= 4 is 106 Å². The van der Waals surface area contributed by atoms with E-state index in [-0.39, 0.29) is 48.7 Å². The standard InChI is InChI=1S/C80H90Cl3N3O30/c1-40-41(2)72(95)85(71(40)94)59-65(102-35-54-30-22-15-23-31-54)61(55(36-98-32-51-24-16-12-17-25-51)109-76(59)116-79(84)80(81,82)83)113-77-70(108-50(11)93)68(64(105-47(8)90)57(111-77)38-100-34-53-28-20-14-21-29-53)115-75-60(86-73(96)42(3)43(4)74(86)97)66(62(103-45(6)88)58(110-75)39-101-44(5)87)114-78-69(107-49(10)92)67(106-48(9)91)63(104-46(7)89)56(112-78)37-99-33-52-26-18-13-19-27-52/h12-31,55-70,75-78,84H,32-39H2,1-11H3/t55-,56-,57-,58-,59-,60-,61-,62-,63+,64+,65-,66-,67+,68+,69-,70-,75+,76+,77+,78+/m1/s1. The quantitative estimate of drug-likeness (QED) is 0.0129. The number of esters is 7. The Labute approximate surface area is 682 Å². The van der Waals surface area contributed by atoms with E-state index in [2.05, 4.69) is 0 Å². The lowest BCUT2D eigenvalue weighted by Crippen LogP contribution is -2.72. The summed E-state index contributed by atoms with van der Waals surface area (Å²) in [6.45, 7) is 9.13. The molecule has 116 heavy (non-hydrogen) atoms. The van der Waals surface area contributed by atoms with Gasteiger partial charge in [-0.15, -0.1) is 0 Å². The molecule has 20 atom stereocenters. The first-order valence-electron chi connectivity index (χ1n) is 36.9. The van der Waals surface area contributed by atoms with Gasteiger partial charge in [0.05, 0.1) is 46.2 Å². The van der Waals surface area contributed by atoms with E-state index < -0.39 is 224 Å². The Hall–Kier alpha value is -9.17. The number of amides is 4. The van der Waals surface area contributed by atoms with Crippen LogP contribution >= 0.6 is 34.8 Å². The van der Waals surface area contributed by atoms with Gasteiger partial charge in [0, 0.05) is 70.8 Å². The number of carbonyl (C=O) groups is 11. The summed E-state index contributed by atoms with van der Waals surface area (Å²) in [6.07, 6.45) is -35.2. The zero-order valence-electron chi connectivity index (χ0n) is 65.0. The summed E-state index contributed by atoms with van der Waals surface area (Å²) >= 11 is 19.0. The predicted molar refractivity (Wildman–Crippen MR) is 400 cm³/mol. The van der Waals surface area contributed by atoms with E-state index in [4.69, 9.17) is 130 Å². The van der Waals surface area contributed by atoms with Gasteiger partial charge >= 0.3 is 41.8 Å². The van der Waals surface area contributed by atoms with Crippen LogP contribution in [0, 0.1) is 5.41 Å². The number of nitrogens with one attached hydrogen (secondary N) is 1. The minimum atomic E-state index is -2.61. The fourth-order valence-corrected chi connectivity index (χ4v) is 14.1. The molecule has 0 spiro atoms. The first-order chi connectivity index (χ1) is 55.2. The van der Waals surface area contributed by atoms with Crippen LogP contribution in [0.15, 0.2) is 144 Å². The number of benzene rings is 4. The van der Waals surface area contributed by atoms with Gasteiger partial charge in [0.25, 0.3) is 27.4 Å². The van der Waals surface area contributed by atoms with Gasteiger partial charge in [-0.2, -0.15) is 0 Å². The van der Waals surface area contributed by atoms with Crippen molar-refractivity contribution in [2.45, 2.75) is 229 Å². The zero-order chi connectivity index (χ0) is 84.0. The van der Waals surface area contributed by atoms with Gasteiger partial charge in [-0.25, -0.2) is 0 Å². The summed E-state index contributed by atoms with van der Waals surface area (Å²) in [7, 11) is 0. The second-order valence-corrected chi connectivity index (χ2v) is 30.2. The molecule has 36 heteroatoms. The van der Waals surface area contributed by atoms with Crippen molar-refractivity contribution in [1.82, 2.24) is 9.80 Å². The second-order valence-electron chi connectivity index (χ2n) is 27.9. The first-order valence-corrected chi connectivity index (χ1v) is 38.0. The van der Waals surface area contributed by atoms with Gasteiger partial charge in [0.1, 0.15) is 67.5 Å². The third-order valence-corrected chi connectivity index (χ3v) is 19.9. The number of hydrogen-bond acceptors (Lipinski definition) is 31. The van der Waals surface area contributed by atoms with Crippen molar-refractivity contribution in [2.24, 2.45) is 0 Å². The number of ether oxygens (including phenoxy) is 19. The van der Waals surface area contributed by atoms with Gasteiger partial charge in [-0.1, -0.05) is 156 Å². The SMILES string of the molecule is CC(=O)OC[C@H]1O[C@@H](O[C@H]2[C@@H](OC(C)=O)[C@@H](COCc3ccccc3)O[C@@H](O[C@H]3[C@H](OCc4ccccc4)[C@@H](N4C(=O)C(C)=C(C)C4=O)[C@H](OC(=N)C(Cl)(Cl)Cl)O[C@@H]3COCc3ccccc3)[C@@H]2OC(C)=O)[C@H](N2C(=O)C(C)=C(C)C2=O)[C@@H](O[C@@H]2O[C@H](COCc3ccccc3)[C@H](OC(C)=O)[C@H](OC(C)=O)[C@H]2OC(C)=O)[C@@H]1OC(C)=O. The summed E-state index contributed by atoms with van der Waals surface area (Å²) in [6, 6.07) is 30.7. The molecule has 4 aromatic carbocycles. The lowest BCUT2D eigenvalue weighted by Gasteiger charge is -2.53. The number of carbonyl (C=O) groups excluding carboxylic acids is 11. The molecular weight excluding hydrogens is 1590 g/mol. The molecule has 6 aliphatic heterocycles. The van der Waals surface area contributed by atoms with E-state index in [1.165, 1.54) is 27.7 Å². The molecule has 4 fully saturated rings. The van der Waals surface area contributed by atoms with E-state index >= 15 is 9.59 Å². The Balaban J connectivity index is 1.18. The molecule has 0 radical (unpaired) electrons. The summed E-state index contributed by atoms with van der Waals surface area (Å²) in [4.78, 5) is 157. The lowest BCUT2D eigenvalue weighted by molar-refractivity contribution is -0.382. The van der Waals surface area contributed by atoms with E-state index in [1.807, 2.05) is 0 Å². The molecule has 4 saturated heterocycles. The number of alkyl halides is 3. The van der Waals surface area contributed by atoms with Crippen molar-refractivity contribution in [3.05, 3.63) is 166 Å². The molecule has 1 N–H and O–H groups in total. The molecule has 0 bridgehead atoms. The largest absolute Gasteiger partial charge is 0.463 e. The highest BCUT2D eigenvalue weighted by atomic mass is 35.6. The van der Waals surface area contributed by atoms with Crippen LogP contribution in [0.2, 0.25) is 0 Å². The normalized spacial score (nSPS) is 28.9. The summed E-state index contributed by atoms with van der Waals surface area (Å²) < 4.78 is 120. The minimum absolute atomic E-state index is 0.0235. The number of halogens is 3. The third kappa shape index (κ3) is 22.4. The van der Waals surface area contributed by atoms with Crippen molar-refractivity contribution in [3.63, 3.8) is 0 Å². The smallest absolute Gasteiger partial charge is 0.303 e. The fourth-order valence-electron chi connectivity index (χ4n) is 14.0. The number of rotatable bonds is 32. The van der Waals surface area contributed by atoms with E-state index in [1.54, 1.807) is 121 Å². The maximum Gasteiger partial charge on any atom is 0.303 e. The summed E-state index contributed by atoms with van der Waals surface area (Å²) in [5, 5.41) is 8.94. The number of hydrogen-bond donors (Lipinski definition) is 1. The van der Waals surface area contributed by atoms with Crippen LogP contribution in [0.4, 0.5) is 0 Å². The maximum absolute atomic E-state index is 15.4. The molecule has 33 nitrogen and oxygen atoms in total. The van der Waals surface area contributed by atoms with Crippen molar-refractivity contribution in [3.8, 4) is 0 Å². The Morgan fingerprint density at radius 1 is 0.345 bits per heavy atom. The van der Waals surface area contributed by atoms with E-state index in [0.29, 0.717) is 27.2 Å². The molecule has 6 aliphatic rings. The molecule has 4 aromatic rings. The summed E-state index contributed by atoms with van der Waals surface area (Å²) in [5.41, 5.74) is 2.06. The molecule has 0 aliphatic carbocycles.